The number of nitrogens with one attached hydrogen (secondary N) is 1. The molecule has 0 aliphatic rings. The van der Waals surface area contributed by atoms with Crippen molar-refractivity contribution in [2.24, 2.45) is 0 Å². The zero-order valence-corrected chi connectivity index (χ0v) is 11.7. The zero-order chi connectivity index (χ0) is 16.7. The molecule has 0 fully saturated rings. The standard InChI is InChI=1S/C13H8ClF3N2O3/c1-5(20)18-8-4-9(12(21)22)19-11-7(14)3-2-6(10(8)11)13(15,16)17/h2-4H,1H3,(H,21,22)(H,18,19,20). The fourth-order valence-corrected chi connectivity index (χ4v) is 2.14. The molecule has 2 rings (SSSR count). The highest BCUT2D eigenvalue weighted by molar-refractivity contribution is 6.35. The van der Waals surface area contributed by atoms with Crippen molar-refractivity contribution in [3.63, 3.8) is 0 Å². The minimum absolute atomic E-state index is 0.155. The maximum Gasteiger partial charge on any atom is 0.417 e. The van der Waals surface area contributed by atoms with Crippen molar-refractivity contribution >= 4 is 40.1 Å². The molecule has 1 heterocycles. The van der Waals surface area contributed by atoms with Gasteiger partial charge in [0.25, 0.3) is 0 Å². The summed E-state index contributed by atoms with van der Waals surface area (Å²) in [5.41, 5.74) is -2.26. The number of hydrogen-bond acceptors (Lipinski definition) is 3. The Morgan fingerprint density at radius 1 is 1.32 bits per heavy atom. The van der Waals surface area contributed by atoms with Crippen molar-refractivity contribution in [2.75, 3.05) is 5.32 Å². The number of benzene rings is 1. The Hall–Kier alpha value is -2.35. The Morgan fingerprint density at radius 3 is 2.45 bits per heavy atom. The molecule has 2 N–H and O–H groups in total. The molecular formula is C13H8ClF3N2O3. The molecule has 0 saturated carbocycles. The summed E-state index contributed by atoms with van der Waals surface area (Å²) in [7, 11) is 0. The van der Waals surface area contributed by atoms with Gasteiger partial charge in [-0.1, -0.05) is 11.6 Å². The molecule has 0 aliphatic heterocycles. The van der Waals surface area contributed by atoms with Gasteiger partial charge in [-0.3, -0.25) is 4.79 Å². The number of rotatable bonds is 2. The largest absolute Gasteiger partial charge is 0.477 e. The monoisotopic (exact) mass is 332 g/mol. The maximum absolute atomic E-state index is 13.1. The summed E-state index contributed by atoms with van der Waals surface area (Å²) in [6.45, 7) is 1.09. The van der Waals surface area contributed by atoms with Gasteiger partial charge in [-0.2, -0.15) is 13.2 Å². The van der Waals surface area contributed by atoms with Crippen LogP contribution in [0.15, 0.2) is 18.2 Å². The van der Waals surface area contributed by atoms with Crippen LogP contribution in [-0.4, -0.2) is 22.0 Å². The van der Waals surface area contributed by atoms with E-state index < -0.39 is 34.7 Å². The van der Waals surface area contributed by atoms with Crippen molar-refractivity contribution in [1.82, 2.24) is 4.98 Å². The highest BCUT2D eigenvalue weighted by Gasteiger charge is 2.34. The number of carboxylic acids is 1. The van der Waals surface area contributed by atoms with Crippen LogP contribution in [0.5, 0.6) is 0 Å². The molecule has 1 aromatic heterocycles. The molecule has 1 amide bonds. The molecule has 22 heavy (non-hydrogen) atoms. The summed E-state index contributed by atoms with van der Waals surface area (Å²) < 4.78 is 39.4. The van der Waals surface area contributed by atoms with Crippen LogP contribution in [0.1, 0.15) is 23.0 Å². The molecule has 0 bridgehead atoms. The van der Waals surface area contributed by atoms with Gasteiger partial charge in [-0.25, -0.2) is 9.78 Å². The van der Waals surface area contributed by atoms with Crippen LogP contribution in [-0.2, 0) is 11.0 Å². The van der Waals surface area contributed by atoms with Crippen LogP contribution >= 0.6 is 11.6 Å². The lowest BCUT2D eigenvalue weighted by Gasteiger charge is -2.15. The summed E-state index contributed by atoms with van der Waals surface area (Å²) >= 11 is 5.83. The molecule has 0 unspecified atom stereocenters. The van der Waals surface area contributed by atoms with E-state index in [9.17, 15) is 22.8 Å². The SMILES string of the molecule is CC(=O)Nc1cc(C(=O)O)nc2c(Cl)ccc(C(F)(F)F)c12. The van der Waals surface area contributed by atoms with E-state index in [0.717, 1.165) is 25.1 Å². The number of carbonyl (C=O) groups excluding carboxylic acids is 1. The third kappa shape index (κ3) is 2.96. The second-order valence-corrected chi connectivity index (χ2v) is 4.76. The highest BCUT2D eigenvalue weighted by atomic mass is 35.5. The Balaban J connectivity index is 2.94. The normalized spacial score (nSPS) is 11.5. The molecule has 0 aliphatic carbocycles. The van der Waals surface area contributed by atoms with E-state index in [4.69, 9.17) is 16.7 Å². The van der Waals surface area contributed by atoms with E-state index in [-0.39, 0.29) is 16.2 Å². The number of carbonyl (C=O) groups is 2. The topological polar surface area (TPSA) is 79.3 Å². The van der Waals surface area contributed by atoms with Crippen molar-refractivity contribution < 1.29 is 27.9 Å². The Labute approximate surface area is 126 Å². The smallest absolute Gasteiger partial charge is 0.417 e. The zero-order valence-electron chi connectivity index (χ0n) is 11.0. The van der Waals surface area contributed by atoms with E-state index in [1.807, 2.05) is 0 Å². The highest BCUT2D eigenvalue weighted by Crippen LogP contribution is 2.40. The van der Waals surface area contributed by atoms with Crippen LogP contribution in [0.25, 0.3) is 10.9 Å². The quantitative estimate of drug-likeness (QED) is 0.881. The predicted molar refractivity (Wildman–Crippen MR) is 73.0 cm³/mol. The van der Waals surface area contributed by atoms with E-state index in [1.165, 1.54) is 0 Å². The van der Waals surface area contributed by atoms with Crippen molar-refractivity contribution in [3.05, 3.63) is 34.5 Å². The molecule has 0 atom stereocenters. The fourth-order valence-electron chi connectivity index (χ4n) is 1.94. The number of halogens is 4. The lowest BCUT2D eigenvalue weighted by atomic mass is 10.0. The second-order valence-electron chi connectivity index (χ2n) is 4.36. The number of hydrogen-bond donors (Lipinski definition) is 2. The molecule has 0 saturated heterocycles. The maximum atomic E-state index is 13.1. The summed E-state index contributed by atoms with van der Waals surface area (Å²) in [4.78, 5) is 25.9. The van der Waals surface area contributed by atoms with Gasteiger partial charge in [0, 0.05) is 12.3 Å². The number of anilines is 1. The molecule has 9 heteroatoms. The second kappa shape index (κ2) is 5.45. The average molecular weight is 333 g/mol. The molecule has 1 aromatic carbocycles. The van der Waals surface area contributed by atoms with Crippen LogP contribution in [0, 0.1) is 0 Å². The molecule has 0 radical (unpaired) electrons. The van der Waals surface area contributed by atoms with E-state index in [1.54, 1.807) is 0 Å². The number of alkyl halides is 3. The van der Waals surface area contributed by atoms with Gasteiger partial charge in [0.1, 0.15) is 0 Å². The van der Waals surface area contributed by atoms with Crippen LogP contribution in [0.2, 0.25) is 5.02 Å². The Morgan fingerprint density at radius 2 is 1.95 bits per heavy atom. The first-order valence-corrected chi connectivity index (χ1v) is 6.20. The minimum Gasteiger partial charge on any atom is -0.477 e. The van der Waals surface area contributed by atoms with Crippen molar-refractivity contribution in [3.8, 4) is 0 Å². The van der Waals surface area contributed by atoms with Gasteiger partial charge in [-0.05, 0) is 18.2 Å². The third-order valence-electron chi connectivity index (χ3n) is 2.75. The number of aromatic carboxylic acids is 1. The number of nitrogens with zero attached hydrogens (tertiary/aromatic N) is 1. The molecule has 0 spiro atoms. The van der Waals surface area contributed by atoms with Crippen LogP contribution in [0.4, 0.5) is 18.9 Å². The lowest BCUT2D eigenvalue weighted by Crippen LogP contribution is -2.13. The van der Waals surface area contributed by atoms with Crippen molar-refractivity contribution in [2.45, 2.75) is 13.1 Å². The average Bonchev–Trinajstić information content (AvgIpc) is 2.37. The van der Waals surface area contributed by atoms with Gasteiger partial charge in [0.15, 0.2) is 5.69 Å². The molecule has 5 nitrogen and oxygen atoms in total. The first kappa shape index (κ1) is 16.0. The lowest BCUT2D eigenvalue weighted by molar-refractivity contribution is -0.136. The number of aromatic nitrogens is 1. The molecule has 2 aromatic rings. The fraction of sp³-hybridized carbons (Fsp3) is 0.154. The van der Waals surface area contributed by atoms with E-state index in [2.05, 4.69) is 10.3 Å². The first-order valence-electron chi connectivity index (χ1n) is 5.82. The van der Waals surface area contributed by atoms with Gasteiger partial charge in [0.05, 0.1) is 21.8 Å². The van der Waals surface area contributed by atoms with Gasteiger partial charge >= 0.3 is 12.1 Å². The van der Waals surface area contributed by atoms with Crippen molar-refractivity contribution in [1.29, 1.82) is 0 Å². The number of fused-ring (bicyclic) bond motifs is 1. The Kier molecular flexibility index (Phi) is 3.97. The van der Waals surface area contributed by atoms with E-state index >= 15 is 0 Å². The summed E-state index contributed by atoms with van der Waals surface area (Å²) in [5, 5.41) is 10.6. The van der Waals surface area contributed by atoms with Gasteiger partial charge in [-0.15, -0.1) is 0 Å². The predicted octanol–water partition coefficient (Wildman–Crippen LogP) is 3.56. The summed E-state index contributed by atoms with van der Waals surface area (Å²) in [5.74, 6) is -2.11. The summed E-state index contributed by atoms with van der Waals surface area (Å²) in [6.07, 6.45) is -4.72. The minimum atomic E-state index is -4.72. The number of carboxylic acid groups (broad SMARTS) is 1. The molecule has 116 valence electrons. The Bertz CT molecular complexity index is 790. The third-order valence-corrected chi connectivity index (χ3v) is 3.05. The number of amides is 1. The van der Waals surface area contributed by atoms with Crippen LogP contribution in [0.3, 0.4) is 0 Å². The van der Waals surface area contributed by atoms with Gasteiger partial charge < -0.3 is 10.4 Å². The molecular weight excluding hydrogens is 325 g/mol. The van der Waals surface area contributed by atoms with Gasteiger partial charge in [0.2, 0.25) is 5.91 Å². The van der Waals surface area contributed by atoms with E-state index in [0.29, 0.717) is 0 Å². The summed E-state index contributed by atoms with van der Waals surface area (Å²) in [6, 6.07) is 2.58. The first-order chi connectivity index (χ1) is 10.1. The number of pyridine rings is 1. The van der Waals surface area contributed by atoms with Crippen LogP contribution < -0.4 is 5.32 Å².